The number of carboxylic acids is 1. The molecule has 0 aliphatic carbocycles. The molecule has 0 amide bonds. The molecule has 1 aromatic rings. The van der Waals surface area contributed by atoms with E-state index in [4.69, 9.17) is 24.8 Å². The van der Waals surface area contributed by atoms with Crippen molar-refractivity contribution in [2.45, 2.75) is 118 Å². The van der Waals surface area contributed by atoms with Gasteiger partial charge in [-0.1, -0.05) is 45.7 Å². The van der Waals surface area contributed by atoms with Gasteiger partial charge in [0.2, 0.25) is 5.79 Å². The third-order valence-corrected chi connectivity index (χ3v) is 4.46. The van der Waals surface area contributed by atoms with Crippen LogP contribution in [-0.4, -0.2) is 33.3 Å². The summed E-state index contributed by atoms with van der Waals surface area (Å²) >= 11 is 0. The first kappa shape index (κ1) is 32.3. The van der Waals surface area contributed by atoms with Crippen molar-refractivity contribution >= 4 is 5.97 Å². The standard InChI is InChI=1S/C17H34O6.C9H12O2/c1-9-10-11-13(14(18)19)12-17(8,22-20-15(2,3)4)23-21-16(5,6)7;1-7(2)8-3-5-9(11-10)6-4-8/h13H,9-12H2,1-8H3,(H,18,19);3-7,10H,1-2H3. The van der Waals surface area contributed by atoms with Crippen molar-refractivity contribution in [2.75, 3.05) is 0 Å². The highest BCUT2D eigenvalue weighted by Crippen LogP contribution is 2.30. The van der Waals surface area contributed by atoms with Crippen molar-refractivity contribution < 1.29 is 39.6 Å². The number of hydrogen-bond donors (Lipinski definition) is 2. The van der Waals surface area contributed by atoms with Crippen LogP contribution in [0.15, 0.2) is 24.3 Å². The van der Waals surface area contributed by atoms with Crippen molar-refractivity contribution in [1.82, 2.24) is 0 Å². The number of benzene rings is 1. The van der Waals surface area contributed by atoms with Crippen LogP contribution in [0.3, 0.4) is 0 Å². The number of carbonyl (C=O) groups is 1. The molecule has 0 heterocycles. The molecule has 1 unspecified atom stereocenters. The Hall–Kier alpha value is -1.71. The molecule has 1 atom stereocenters. The summed E-state index contributed by atoms with van der Waals surface area (Å²) in [5, 5.41) is 17.7. The fourth-order valence-electron chi connectivity index (χ4n) is 2.63. The van der Waals surface area contributed by atoms with Gasteiger partial charge >= 0.3 is 5.97 Å². The lowest BCUT2D eigenvalue weighted by Crippen LogP contribution is -2.41. The summed E-state index contributed by atoms with van der Waals surface area (Å²) in [7, 11) is 0. The predicted octanol–water partition coefficient (Wildman–Crippen LogP) is 7.14. The summed E-state index contributed by atoms with van der Waals surface area (Å²) in [6.45, 7) is 18.9. The number of carboxylic acid groups (broad SMARTS) is 1. The summed E-state index contributed by atoms with van der Waals surface area (Å²) in [4.78, 5) is 37.1. The van der Waals surface area contributed by atoms with Gasteiger partial charge in [-0.15, -0.1) is 0 Å². The van der Waals surface area contributed by atoms with Crippen molar-refractivity contribution in [3.05, 3.63) is 29.8 Å². The van der Waals surface area contributed by atoms with Gasteiger partial charge in [-0.25, -0.2) is 15.0 Å². The van der Waals surface area contributed by atoms with E-state index in [0.29, 0.717) is 18.1 Å². The third kappa shape index (κ3) is 15.2. The minimum Gasteiger partial charge on any atom is -0.481 e. The van der Waals surface area contributed by atoms with Crippen molar-refractivity contribution in [3.63, 3.8) is 0 Å². The van der Waals surface area contributed by atoms with E-state index in [2.05, 4.69) is 18.7 Å². The van der Waals surface area contributed by atoms with Crippen LogP contribution in [0.1, 0.15) is 106 Å². The van der Waals surface area contributed by atoms with Gasteiger partial charge in [-0.2, -0.15) is 9.78 Å². The van der Waals surface area contributed by atoms with E-state index in [1.165, 1.54) is 5.56 Å². The molecule has 0 spiro atoms. The highest BCUT2D eigenvalue weighted by molar-refractivity contribution is 5.70. The molecular formula is C26H46O8. The molecule has 0 saturated carbocycles. The Morgan fingerprint density at radius 2 is 1.35 bits per heavy atom. The largest absolute Gasteiger partial charge is 0.481 e. The summed E-state index contributed by atoms with van der Waals surface area (Å²) in [5.41, 5.74) is 0.147. The number of hydrogen-bond acceptors (Lipinski definition) is 7. The first-order valence-electron chi connectivity index (χ1n) is 11.9. The Bertz CT molecular complexity index is 668. The monoisotopic (exact) mass is 486 g/mol. The lowest BCUT2D eigenvalue weighted by Gasteiger charge is -2.34. The maximum atomic E-state index is 11.5. The van der Waals surface area contributed by atoms with Crippen LogP contribution in [0.5, 0.6) is 5.75 Å². The van der Waals surface area contributed by atoms with E-state index in [-0.39, 0.29) is 6.42 Å². The quantitative estimate of drug-likeness (QED) is 0.182. The Morgan fingerprint density at radius 3 is 1.68 bits per heavy atom. The summed E-state index contributed by atoms with van der Waals surface area (Å²) in [6, 6.07) is 7.37. The van der Waals surface area contributed by atoms with Gasteiger partial charge in [0, 0.05) is 6.42 Å². The topological polar surface area (TPSA) is 104 Å². The van der Waals surface area contributed by atoms with Crippen LogP contribution in [0, 0.1) is 5.92 Å². The molecule has 0 fully saturated rings. The Kier molecular flexibility index (Phi) is 13.9. The zero-order valence-corrected chi connectivity index (χ0v) is 22.6. The second-order valence-corrected chi connectivity index (χ2v) is 10.9. The normalized spacial score (nSPS) is 13.3. The average molecular weight is 487 g/mol. The van der Waals surface area contributed by atoms with E-state index in [1.54, 1.807) is 19.1 Å². The molecule has 34 heavy (non-hydrogen) atoms. The Labute approximate surface area is 205 Å². The Balaban J connectivity index is 0.000000818. The molecule has 0 aliphatic rings. The smallest absolute Gasteiger partial charge is 0.306 e. The predicted molar refractivity (Wildman–Crippen MR) is 131 cm³/mol. The molecule has 8 heteroatoms. The number of aliphatic carboxylic acids is 1. The molecule has 8 nitrogen and oxygen atoms in total. The zero-order valence-electron chi connectivity index (χ0n) is 22.6. The SMILES string of the molecule is CC(C)c1ccc(OO)cc1.CCCCC(CC(C)(OOC(C)(C)C)OOC(C)(C)C)C(=O)O. The molecule has 0 aliphatic heterocycles. The minimum atomic E-state index is -1.31. The molecule has 198 valence electrons. The van der Waals surface area contributed by atoms with Crippen LogP contribution in [0.4, 0.5) is 0 Å². The third-order valence-electron chi connectivity index (χ3n) is 4.46. The molecular weight excluding hydrogens is 440 g/mol. The van der Waals surface area contributed by atoms with E-state index in [9.17, 15) is 9.90 Å². The van der Waals surface area contributed by atoms with Crippen LogP contribution < -0.4 is 4.89 Å². The van der Waals surface area contributed by atoms with Crippen molar-refractivity contribution in [1.29, 1.82) is 0 Å². The van der Waals surface area contributed by atoms with Gasteiger partial charge in [0.25, 0.3) is 0 Å². The fraction of sp³-hybridized carbons (Fsp3) is 0.731. The van der Waals surface area contributed by atoms with Gasteiger partial charge < -0.3 is 9.99 Å². The van der Waals surface area contributed by atoms with Crippen molar-refractivity contribution in [2.24, 2.45) is 5.92 Å². The lowest BCUT2D eigenvalue weighted by molar-refractivity contribution is -0.538. The lowest BCUT2D eigenvalue weighted by atomic mass is 9.94. The molecule has 0 aromatic heterocycles. The summed E-state index contributed by atoms with van der Waals surface area (Å²) in [5.74, 6) is -1.77. The van der Waals surface area contributed by atoms with Crippen LogP contribution in [-0.2, 0) is 24.3 Å². The highest BCUT2D eigenvalue weighted by atomic mass is 17.3. The Morgan fingerprint density at radius 1 is 0.882 bits per heavy atom. The maximum Gasteiger partial charge on any atom is 0.306 e. The van der Waals surface area contributed by atoms with Crippen molar-refractivity contribution in [3.8, 4) is 5.75 Å². The second-order valence-electron chi connectivity index (χ2n) is 10.9. The van der Waals surface area contributed by atoms with Gasteiger partial charge in [0.1, 0.15) is 0 Å². The van der Waals surface area contributed by atoms with Crippen LogP contribution in [0.25, 0.3) is 0 Å². The van der Waals surface area contributed by atoms with Crippen LogP contribution >= 0.6 is 0 Å². The molecule has 2 N–H and O–H groups in total. The fourth-order valence-corrected chi connectivity index (χ4v) is 2.63. The van der Waals surface area contributed by atoms with E-state index in [1.807, 2.05) is 60.6 Å². The summed E-state index contributed by atoms with van der Waals surface area (Å²) in [6.07, 6.45) is 2.44. The first-order chi connectivity index (χ1) is 15.5. The molecule has 0 radical (unpaired) electrons. The second kappa shape index (κ2) is 14.6. The van der Waals surface area contributed by atoms with Gasteiger partial charge in [0.15, 0.2) is 5.75 Å². The minimum absolute atomic E-state index is 0.133. The molecule has 0 saturated heterocycles. The first-order valence-corrected chi connectivity index (χ1v) is 11.9. The zero-order chi connectivity index (χ0) is 26.6. The van der Waals surface area contributed by atoms with Gasteiger partial charge in [0.05, 0.1) is 17.1 Å². The van der Waals surface area contributed by atoms with E-state index >= 15 is 0 Å². The number of rotatable bonds is 12. The van der Waals surface area contributed by atoms with Crippen LogP contribution in [0.2, 0.25) is 0 Å². The molecule has 0 bridgehead atoms. The molecule has 1 aromatic carbocycles. The van der Waals surface area contributed by atoms with E-state index < -0.39 is 28.9 Å². The van der Waals surface area contributed by atoms with Gasteiger partial charge in [-0.3, -0.25) is 4.79 Å². The molecule has 1 rings (SSSR count). The van der Waals surface area contributed by atoms with Gasteiger partial charge in [-0.05, 0) is 78.5 Å². The average Bonchev–Trinajstić information content (AvgIpc) is 2.73. The highest BCUT2D eigenvalue weighted by Gasteiger charge is 2.38. The maximum absolute atomic E-state index is 11.5. The summed E-state index contributed by atoms with van der Waals surface area (Å²) < 4.78 is 0. The van der Waals surface area contributed by atoms with E-state index in [0.717, 1.165) is 12.8 Å². The number of unbranched alkanes of at least 4 members (excludes halogenated alkanes) is 1.